The molecule has 0 saturated carbocycles. The van der Waals surface area contributed by atoms with Crippen LogP contribution in [0.15, 0.2) is 72.8 Å². The number of para-hydroxylation sites is 1. The van der Waals surface area contributed by atoms with E-state index >= 15 is 0 Å². The Morgan fingerprint density at radius 3 is 2.16 bits per heavy atom. The van der Waals surface area contributed by atoms with Crippen molar-refractivity contribution >= 4 is 46.6 Å². The number of aromatic nitrogens is 1. The number of rotatable bonds is 6. The van der Waals surface area contributed by atoms with Crippen LogP contribution >= 0.6 is 24.8 Å². The molecule has 0 atom stereocenters. The van der Waals surface area contributed by atoms with Crippen LogP contribution in [0, 0.1) is 0 Å². The van der Waals surface area contributed by atoms with Gasteiger partial charge in [0, 0.05) is 18.7 Å². The van der Waals surface area contributed by atoms with Crippen LogP contribution in [0.3, 0.4) is 0 Å². The fourth-order valence-electron chi connectivity index (χ4n) is 3.83. The number of likely N-dealkylation sites (N-methyl/N-ethyl adjacent to an activating group) is 1. The Bertz CT molecular complexity index is 1120. The maximum Gasteiger partial charge on any atom is 0.216 e. The number of nitrogens with zero attached hydrogens (tertiary/aromatic N) is 2. The quantitative estimate of drug-likeness (QED) is 0.311. The molecule has 0 unspecified atom stereocenters. The van der Waals surface area contributed by atoms with Crippen molar-refractivity contribution in [2.45, 2.75) is 6.42 Å². The lowest BCUT2D eigenvalue weighted by molar-refractivity contribution is -0.617. The number of halogens is 3. The molecule has 0 fully saturated rings. The summed E-state index contributed by atoms with van der Waals surface area (Å²) in [5.41, 5.74) is 5.08. The SMILES string of the molecule is CN(C)CCOc1cccc2c1c(Cc1ccccc1)c1ccccc1[n+]2C.Cl.Cl.[Cl-]. The van der Waals surface area contributed by atoms with Crippen molar-refractivity contribution in [3.8, 4) is 5.75 Å². The third-order valence-electron chi connectivity index (χ3n) is 5.28. The zero-order valence-corrected chi connectivity index (χ0v) is 20.4. The smallest absolute Gasteiger partial charge is 0.216 e. The summed E-state index contributed by atoms with van der Waals surface area (Å²) in [7, 11) is 6.28. The van der Waals surface area contributed by atoms with E-state index in [9.17, 15) is 0 Å². The molecule has 0 aliphatic rings. The second-order valence-electron chi connectivity index (χ2n) is 7.52. The van der Waals surface area contributed by atoms with E-state index in [0.717, 1.165) is 18.7 Å². The minimum atomic E-state index is 0. The lowest BCUT2D eigenvalue weighted by Crippen LogP contribution is -3.00. The normalized spacial score (nSPS) is 10.3. The van der Waals surface area contributed by atoms with Gasteiger partial charge in [-0.1, -0.05) is 48.5 Å². The van der Waals surface area contributed by atoms with E-state index < -0.39 is 0 Å². The Morgan fingerprint density at radius 1 is 0.806 bits per heavy atom. The maximum absolute atomic E-state index is 6.26. The summed E-state index contributed by atoms with van der Waals surface area (Å²) in [6, 6.07) is 25.7. The summed E-state index contributed by atoms with van der Waals surface area (Å²) in [6.45, 7) is 1.57. The molecule has 3 aromatic carbocycles. The Morgan fingerprint density at radius 2 is 1.45 bits per heavy atom. The van der Waals surface area contributed by atoms with Gasteiger partial charge in [-0.2, -0.15) is 4.57 Å². The predicted octanol–water partition coefficient (Wildman–Crippen LogP) is 2.20. The van der Waals surface area contributed by atoms with Crippen LogP contribution in [0.25, 0.3) is 21.8 Å². The molecule has 0 radical (unpaired) electrons. The van der Waals surface area contributed by atoms with E-state index in [1.807, 2.05) is 0 Å². The van der Waals surface area contributed by atoms with Crippen LogP contribution in [-0.4, -0.2) is 32.1 Å². The third kappa shape index (κ3) is 5.81. The summed E-state index contributed by atoms with van der Waals surface area (Å²) < 4.78 is 8.53. The summed E-state index contributed by atoms with van der Waals surface area (Å²) >= 11 is 0. The van der Waals surface area contributed by atoms with Crippen LogP contribution in [0.1, 0.15) is 11.1 Å². The lowest BCUT2D eigenvalue weighted by atomic mass is 9.95. The number of fused-ring (bicyclic) bond motifs is 2. The molecule has 6 heteroatoms. The molecule has 0 aliphatic heterocycles. The minimum absolute atomic E-state index is 0. The Kier molecular flexibility index (Phi) is 10.5. The Hall–Kier alpha value is -2.04. The molecule has 1 aromatic heterocycles. The number of hydrogen-bond donors (Lipinski definition) is 0. The standard InChI is InChI=1S/C25H27N2O.3ClH/c1-26(2)16-17-28-24-15-9-14-23-25(24)21(18-19-10-5-4-6-11-19)20-12-7-8-13-22(20)27(23)3;;;/h4-15H,16-18H2,1-3H3;3*1H/q+1;;;/p-1. The van der Waals surface area contributed by atoms with Gasteiger partial charge in [-0.3, -0.25) is 0 Å². The molecule has 0 aliphatic carbocycles. The number of ether oxygens (including phenoxy) is 1. The van der Waals surface area contributed by atoms with Crippen LogP contribution in [0.2, 0.25) is 0 Å². The first kappa shape index (κ1) is 27.0. The first-order valence-electron chi connectivity index (χ1n) is 9.79. The average molecular weight is 480 g/mol. The highest BCUT2D eigenvalue weighted by atomic mass is 35.5. The molecular formula is C25H29Cl3N2O. The number of hydrogen-bond acceptors (Lipinski definition) is 2. The van der Waals surface area contributed by atoms with Gasteiger partial charge in [0.15, 0.2) is 0 Å². The van der Waals surface area contributed by atoms with Gasteiger partial charge in [0.05, 0.1) is 10.8 Å². The van der Waals surface area contributed by atoms with Crippen LogP contribution < -0.4 is 21.7 Å². The van der Waals surface area contributed by atoms with E-state index in [1.165, 1.54) is 32.9 Å². The molecule has 0 N–H and O–H groups in total. The van der Waals surface area contributed by atoms with Gasteiger partial charge in [-0.05, 0) is 43.8 Å². The highest BCUT2D eigenvalue weighted by Gasteiger charge is 2.21. The Labute approximate surface area is 203 Å². The van der Waals surface area contributed by atoms with E-state index in [4.69, 9.17) is 4.74 Å². The van der Waals surface area contributed by atoms with Crippen LogP contribution in [0.5, 0.6) is 5.75 Å². The van der Waals surface area contributed by atoms with Crippen molar-refractivity contribution in [2.24, 2.45) is 7.05 Å². The molecule has 1 heterocycles. The molecule has 4 rings (SSSR count). The molecule has 0 spiro atoms. The van der Waals surface area contributed by atoms with Crippen molar-refractivity contribution in [1.82, 2.24) is 4.90 Å². The van der Waals surface area contributed by atoms with Gasteiger partial charge in [0.2, 0.25) is 11.0 Å². The van der Waals surface area contributed by atoms with Crippen LogP contribution in [-0.2, 0) is 13.5 Å². The minimum Gasteiger partial charge on any atom is -1.00 e. The average Bonchev–Trinajstić information content (AvgIpc) is 2.71. The topological polar surface area (TPSA) is 16.4 Å². The first-order valence-corrected chi connectivity index (χ1v) is 9.79. The van der Waals surface area contributed by atoms with E-state index in [-0.39, 0.29) is 37.2 Å². The molecule has 0 amide bonds. The van der Waals surface area contributed by atoms with Gasteiger partial charge >= 0.3 is 0 Å². The molecular weight excluding hydrogens is 451 g/mol. The van der Waals surface area contributed by atoms with Gasteiger partial charge in [-0.25, -0.2) is 0 Å². The first-order chi connectivity index (χ1) is 13.6. The summed E-state index contributed by atoms with van der Waals surface area (Å²) in [5, 5.41) is 2.50. The maximum atomic E-state index is 6.26. The third-order valence-corrected chi connectivity index (χ3v) is 5.28. The highest BCUT2D eigenvalue weighted by Crippen LogP contribution is 2.33. The molecule has 0 saturated heterocycles. The van der Waals surface area contributed by atoms with Crippen molar-refractivity contribution in [3.05, 3.63) is 83.9 Å². The number of pyridine rings is 1. The second-order valence-corrected chi connectivity index (χ2v) is 7.52. The fourth-order valence-corrected chi connectivity index (χ4v) is 3.83. The molecule has 0 bridgehead atoms. The van der Waals surface area contributed by atoms with Gasteiger partial charge in [-0.15, -0.1) is 24.8 Å². The highest BCUT2D eigenvalue weighted by molar-refractivity contribution is 5.97. The van der Waals surface area contributed by atoms with Gasteiger partial charge < -0.3 is 22.0 Å². The van der Waals surface area contributed by atoms with Gasteiger partial charge in [0.1, 0.15) is 19.4 Å². The molecule has 31 heavy (non-hydrogen) atoms. The summed E-state index contributed by atoms with van der Waals surface area (Å²) in [4.78, 5) is 2.14. The monoisotopic (exact) mass is 478 g/mol. The van der Waals surface area contributed by atoms with Crippen LogP contribution in [0.4, 0.5) is 0 Å². The molecule has 4 aromatic rings. The zero-order valence-electron chi connectivity index (χ0n) is 18.0. The van der Waals surface area contributed by atoms with Crippen molar-refractivity contribution in [1.29, 1.82) is 0 Å². The zero-order chi connectivity index (χ0) is 19.5. The predicted molar refractivity (Wildman–Crippen MR) is 130 cm³/mol. The fraction of sp³-hybridized carbons (Fsp3) is 0.240. The van der Waals surface area contributed by atoms with E-state index in [1.54, 1.807) is 0 Å². The second kappa shape index (κ2) is 12.1. The lowest BCUT2D eigenvalue weighted by Gasteiger charge is -2.16. The van der Waals surface area contributed by atoms with Crippen molar-refractivity contribution in [3.63, 3.8) is 0 Å². The number of aryl methyl sites for hydroxylation is 1. The van der Waals surface area contributed by atoms with E-state index in [2.05, 4.69) is 103 Å². The molecule has 166 valence electrons. The largest absolute Gasteiger partial charge is 1.00 e. The molecule has 3 nitrogen and oxygen atoms in total. The summed E-state index contributed by atoms with van der Waals surface area (Å²) in [5.74, 6) is 0.964. The van der Waals surface area contributed by atoms with Crippen molar-refractivity contribution < 1.29 is 21.7 Å². The number of benzene rings is 3. The van der Waals surface area contributed by atoms with E-state index in [0.29, 0.717) is 6.61 Å². The van der Waals surface area contributed by atoms with Crippen molar-refractivity contribution in [2.75, 3.05) is 27.2 Å². The summed E-state index contributed by atoms with van der Waals surface area (Å²) in [6.07, 6.45) is 0.882. The Balaban J connectivity index is 0.00000160. The van der Waals surface area contributed by atoms with Gasteiger partial charge in [0.25, 0.3) is 0 Å².